The number of carbonyl (C=O) groups is 1. The molecule has 1 saturated heterocycles. The van der Waals surface area contributed by atoms with Gasteiger partial charge in [0.1, 0.15) is 0 Å². The quantitative estimate of drug-likeness (QED) is 0.773. The van der Waals surface area contributed by atoms with Crippen molar-refractivity contribution >= 4 is 17.7 Å². The van der Waals surface area contributed by atoms with Crippen LogP contribution in [0.4, 0.5) is 0 Å². The Morgan fingerprint density at radius 3 is 2.87 bits per heavy atom. The SMILES string of the molecule is CCCC1NCC(=O)N1CC1(SC)CC1. The van der Waals surface area contributed by atoms with Crippen molar-refractivity contribution in [3.8, 4) is 0 Å². The number of rotatable bonds is 5. The van der Waals surface area contributed by atoms with Crippen molar-refractivity contribution in [2.24, 2.45) is 0 Å². The smallest absolute Gasteiger partial charge is 0.237 e. The average Bonchev–Trinajstić information content (AvgIpc) is 2.94. The summed E-state index contributed by atoms with van der Waals surface area (Å²) < 4.78 is 0.396. The predicted octanol–water partition coefficient (Wildman–Crippen LogP) is 1.44. The number of thioether (sulfide) groups is 1. The predicted molar refractivity (Wildman–Crippen MR) is 63.9 cm³/mol. The minimum atomic E-state index is 0.286. The first-order valence-corrected chi connectivity index (χ1v) is 7.01. The molecule has 2 aliphatic rings. The highest BCUT2D eigenvalue weighted by atomic mass is 32.2. The van der Waals surface area contributed by atoms with Gasteiger partial charge in [0, 0.05) is 11.3 Å². The highest BCUT2D eigenvalue weighted by Crippen LogP contribution is 2.48. The molecule has 1 atom stereocenters. The Labute approximate surface area is 96.0 Å². The summed E-state index contributed by atoms with van der Waals surface area (Å²) in [6.45, 7) is 3.66. The molecule has 0 aromatic heterocycles. The van der Waals surface area contributed by atoms with E-state index in [0.29, 0.717) is 17.5 Å². The second-order valence-corrected chi connectivity index (χ2v) is 5.87. The van der Waals surface area contributed by atoms with Gasteiger partial charge in [0.15, 0.2) is 0 Å². The molecule has 4 heteroatoms. The number of carbonyl (C=O) groups excluding carboxylic acids is 1. The summed E-state index contributed by atoms with van der Waals surface area (Å²) in [6, 6.07) is 0. The van der Waals surface area contributed by atoms with Crippen molar-refractivity contribution in [1.29, 1.82) is 0 Å². The Morgan fingerprint density at radius 2 is 2.33 bits per heavy atom. The van der Waals surface area contributed by atoms with Crippen LogP contribution in [0.15, 0.2) is 0 Å². The molecule has 1 aliphatic heterocycles. The number of hydrogen-bond acceptors (Lipinski definition) is 3. The molecule has 3 nitrogen and oxygen atoms in total. The van der Waals surface area contributed by atoms with E-state index in [2.05, 4.69) is 23.4 Å². The molecular weight excluding hydrogens is 208 g/mol. The number of nitrogens with one attached hydrogen (secondary N) is 1. The fraction of sp³-hybridized carbons (Fsp3) is 0.909. The van der Waals surface area contributed by atoms with Gasteiger partial charge in [-0.1, -0.05) is 13.3 Å². The highest BCUT2D eigenvalue weighted by Gasteiger charge is 2.46. The van der Waals surface area contributed by atoms with Crippen molar-refractivity contribution in [3.63, 3.8) is 0 Å². The van der Waals surface area contributed by atoms with Crippen molar-refractivity contribution in [3.05, 3.63) is 0 Å². The van der Waals surface area contributed by atoms with Gasteiger partial charge in [-0.05, 0) is 25.5 Å². The van der Waals surface area contributed by atoms with Gasteiger partial charge < -0.3 is 4.90 Å². The zero-order valence-electron chi connectivity index (χ0n) is 9.58. The Morgan fingerprint density at radius 1 is 1.60 bits per heavy atom. The molecule has 0 aromatic carbocycles. The molecule has 1 N–H and O–H groups in total. The van der Waals surface area contributed by atoms with Gasteiger partial charge in [-0.25, -0.2) is 0 Å². The first-order chi connectivity index (χ1) is 7.21. The Balaban J connectivity index is 1.95. The lowest BCUT2D eigenvalue weighted by molar-refractivity contribution is -0.128. The maximum absolute atomic E-state index is 11.7. The number of nitrogens with zero attached hydrogens (tertiary/aromatic N) is 1. The fourth-order valence-corrected chi connectivity index (χ4v) is 2.98. The summed E-state index contributed by atoms with van der Waals surface area (Å²) in [4.78, 5) is 13.8. The van der Waals surface area contributed by atoms with E-state index in [-0.39, 0.29) is 5.91 Å². The fourth-order valence-electron chi connectivity index (χ4n) is 2.20. The van der Waals surface area contributed by atoms with E-state index >= 15 is 0 Å². The summed E-state index contributed by atoms with van der Waals surface area (Å²) >= 11 is 1.93. The van der Waals surface area contributed by atoms with Crippen molar-refractivity contribution in [2.45, 2.75) is 43.5 Å². The summed E-state index contributed by atoms with van der Waals surface area (Å²) in [7, 11) is 0. The van der Waals surface area contributed by atoms with Gasteiger partial charge in [-0.15, -0.1) is 0 Å². The van der Waals surface area contributed by atoms with Crippen LogP contribution in [0.5, 0.6) is 0 Å². The van der Waals surface area contributed by atoms with Gasteiger partial charge in [0.2, 0.25) is 5.91 Å². The number of hydrogen-bond donors (Lipinski definition) is 1. The highest BCUT2D eigenvalue weighted by molar-refractivity contribution is 8.00. The Bertz CT molecular complexity index is 253. The minimum Gasteiger partial charge on any atom is -0.325 e. The van der Waals surface area contributed by atoms with Crippen molar-refractivity contribution < 1.29 is 4.79 Å². The third-order valence-corrected chi connectivity index (χ3v) is 4.85. The van der Waals surface area contributed by atoms with E-state index in [1.54, 1.807) is 0 Å². The van der Waals surface area contributed by atoms with Gasteiger partial charge in [0.25, 0.3) is 0 Å². The van der Waals surface area contributed by atoms with Gasteiger partial charge in [-0.3, -0.25) is 10.1 Å². The van der Waals surface area contributed by atoms with E-state index < -0.39 is 0 Å². The van der Waals surface area contributed by atoms with Crippen LogP contribution in [-0.2, 0) is 4.79 Å². The third kappa shape index (κ3) is 2.31. The maximum Gasteiger partial charge on any atom is 0.237 e. The van der Waals surface area contributed by atoms with Gasteiger partial charge in [-0.2, -0.15) is 11.8 Å². The van der Waals surface area contributed by atoms with Crippen LogP contribution in [0.25, 0.3) is 0 Å². The molecule has 1 aliphatic carbocycles. The van der Waals surface area contributed by atoms with Crippen molar-refractivity contribution in [2.75, 3.05) is 19.3 Å². The molecule has 1 amide bonds. The van der Waals surface area contributed by atoms with Crippen LogP contribution in [0.1, 0.15) is 32.6 Å². The van der Waals surface area contributed by atoms with Crippen LogP contribution in [0.2, 0.25) is 0 Å². The normalized spacial score (nSPS) is 28.5. The molecule has 0 bridgehead atoms. The summed E-state index contributed by atoms with van der Waals surface area (Å²) in [5.74, 6) is 0.286. The maximum atomic E-state index is 11.7. The zero-order valence-corrected chi connectivity index (χ0v) is 10.4. The zero-order chi connectivity index (χ0) is 10.9. The first kappa shape index (κ1) is 11.3. The molecule has 0 aromatic rings. The molecular formula is C11H20N2OS. The Hall–Kier alpha value is -0.220. The lowest BCUT2D eigenvalue weighted by atomic mass is 10.2. The van der Waals surface area contributed by atoms with Gasteiger partial charge in [0.05, 0.1) is 12.7 Å². The lowest BCUT2D eigenvalue weighted by Crippen LogP contribution is -2.41. The van der Waals surface area contributed by atoms with Crippen LogP contribution < -0.4 is 5.32 Å². The molecule has 86 valence electrons. The summed E-state index contributed by atoms with van der Waals surface area (Å²) in [6.07, 6.45) is 7.22. The summed E-state index contributed by atoms with van der Waals surface area (Å²) in [5.41, 5.74) is 0. The largest absolute Gasteiger partial charge is 0.325 e. The van der Waals surface area contributed by atoms with E-state index in [1.807, 2.05) is 11.8 Å². The minimum absolute atomic E-state index is 0.286. The molecule has 1 heterocycles. The standard InChI is InChI=1S/C11H20N2OS/c1-3-4-9-12-7-10(14)13(9)8-11(15-2)5-6-11/h9,12H,3-8H2,1-2H3. The molecule has 0 radical (unpaired) electrons. The molecule has 0 spiro atoms. The van der Waals surface area contributed by atoms with Crippen LogP contribution in [-0.4, -0.2) is 41.1 Å². The van der Waals surface area contributed by atoms with E-state index in [1.165, 1.54) is 12.8 Å². The van der Waals surface area contributed by atoms with Gasteiger partial charge >= 0.3 is 0 Å². The summed E-state index contributed by atoms with van der Waals surface area (Å²) in [5, 5.41) is 3.30. The molecule has 15 heavy (non-hydrogen) atoms. The first-order valence-electron chi connectivity index (χ1n) is 5.79. The lowest BCUT2D eigenvalue weighted by Gasteiger charge is -2.27. The number of amides is 1. The van der Waals surface area contributed by atoms with Crippen molar-refractivity contribution in [1.82, 2.24) is 10.2 Å². The second kappa shape index (κ2) is 4.34. The molecule has 2 rings (SSSR count). The van der Waals surface area contributed by atoms with E-state index in [9.17, 15) is 4.79 Å². The van der Waals surface area contributed by atoms with E-state index in [0.717, 1.165) is 19.4 Å². The molecule has 2 fully saturated rings. The van der Waals surface area contributed by atoms with Crippen LogP contribution in [0.3, 0.4) is 0 Å². The molecule has 1 saturated carbocycles. The molecule has 1 unspecified atom stereocenters. The topological polar surface area (TPSA) is 32.3 Å². The monoisotopic (exact) mass is 228 g/mol. The van der Waals surface area contributed by atoms with E-state index in [4.69, 9.17) is 0 Å². The van der Waals surface area contributed by atoms with Crippen LogP contribution >= 0.6 is 11.8 Å². The van der Waals surface area contributed by atoms with Crippen LogP contribution in [0, 0.1) is 0 Å². The Kier molecular flexibility index (Phi) is 3.26. The average molecular weight is 228 g/mol. The second-order valence-electron chi connectivity index (χ2n) is 4.59. The third-order valence-electron chi connectivity index (χ3n) is 3.45.